The highest BCUT2D eigenvalue weighted by Gasteiger charge is 2.13. The summed E-state index contributed by atoms with van der Waals surface area (Å²) in [5.41, 5.74) is -0.273. The molecule has 0 atom stereocenters. The fourth-order valence-corrected chi connectivity index (χ4v) is 1.18. The number of oxazole rings is 1. The lowest BCUT2D eigenvalue weighted by atomic mass is 10.2. The molecule has 1 aromatic heterocycles. The van der Waals surface area contributed by atoms with Crippen LogP contribution in [-0.2, 0) is 0 Å². The maximum Gasteiger partial charge on any atom is 0.357 e. The minimum absolute atomic E-state index is 0.0463. The zero-order valence-corrected chi connectivity index (χ0v) is 7.78. The van der Waals surface area contributed by atoms with Crippen molar-refractivity contribution in [3.8, 4) is 11.5 Å². The Kier molecular flexibility index (Phi) is 2.40. The molecule has 0 spiro atoms. The minimum Gasteiger partial charge on any atom is -0.476 e. The Bertz CT molecular complexity index is 530. The molecule has 0 aliphatic rings. The number of halogens is 2. The first-order chi connectivity index (χ1) is 7.56. The number of aromatic nitrogens is 1. The van der Waals surface area contributed by atoms with Crippen molar-refractivity contribution in [1.82, 2.24) is 4.98 Å². The second-order valence-corrected chi connectivity index (χ2v) is 3.00. The van der Waals surface area contributed by atoms with Crippen molar-refractivity contribution in [2.45, 2.75) is 0 Å². The van der Waals surface area contributed by atoms with Crippen molar-refractivity contribution in [2.75, 3.05) is 0 Å². The standard InChI is InChI=1S/C10H5F2NO3/c11-6-1-5(2-7(12)3-6)9-13-8(4-16-9)10(14)15/h1-4H,(H,14,15). The van der Waals surface area contributed by atoms with Gasteiger partial charge in [0.05, 0.1) is 0 Å². The molecule has 0 saturated carbocycles. The second-order valence-electron chi connectivity index (χ2n) is 3.00. The Morgan fingerprint density at radius 3 is 2.38 bits per heavy atom. The van der Waals surface area contributed by atoms with E-state index in [1.165, 1.54) is 0 Å². The van der Waals surface area contributed by atoms with Crippen molar-refractivity contribution >= 4 is 5.97 Å². The molecule has 0 fully saturated rings. The van der Waals surface area contributed by atoms with Gasteiger partial charge in [-0.1, -0.05) is 0 Å². The van der Waals surface area contributed by atoms with Gasteiger partial charge in [0.25, 0.3) is 0 Å². The maximum atomic E-state index is 12.9. The fraction of sp³-hybridized carbons (Fsp3) is 0. The average molecular weight is 225 g/mol. The molecule has 0 unspecified atom stereocenters. The van der Waals surface area contributed by atoms with Gasteiger partial charge >= 0.3 is 5.97 Å². The third-order valence-corrected chi connectivity index (χ3v) is 1.83. The molecule has 4 nitrogen and oxygen atoms in total. The van der Waals surface area contributed by atoms with Crippen LogP contribution in [0.15, 0.2) is 28.9 Å². The molecule has 0 radical (unpaired) electrons. The Labute approximate surface area is 88.2 Å². The van der Waals surface area contributed by atoms with Crippen molar-refractivity contribution in [3.05, 3.63) is 41.8 Å². The molecule has 2 rings (SSSR count). The summed E-state index contributed by atoms with van der Waals surface area (Å²) in [6.45, 7) is 0. The second kappa shape index (κ2) is 3.73. The fourth-order valence-electron chi connectivity index (χ4n) is 1.18. The van der Waals surface area contributed by atoms with E-state index in [0.717, 1.165) is 18.4 Å². The van der Waals surface area contributed by atoms with Gasteiger partial charge in [-0.15, -0.1) is 0 Å². The number of nitrogens with zero attached hydrogens (tertiary/aromatic N) is 1. The normalized spacial score (nSPS) is 10.4. The third kappa shape index (κ3) is 1.90. The van der Waals surface area contributed by atoms with Gasteiger partial charge in [-0.25, -0.2) is 18.6 Å². The Morgan fingerprint density at radius 1 is 1.25 bits per heavy atom. The van der Waals surface area contributed by atoms with Crippen molar-refractivity contribution in [1.29, 1.82) is 0 Å². The van der Waals surface area contributed by atoms with E-state index in [0.29, 0.717) is 6.07 Å². The predicted octanol–water partition coefficient (Wildman–Crippen LogP) is 2.32. The molecule has 82 valence electrons. The topological polar surface area (TPSA) is 63.3 Å². The van der Waals surface area contributed by atoms with Gasteiger partial charge in [0.2, 0.25) is 5.89 Å². The monoisotopic (exact) mass is 225 g/mol. The van der Waals surface area contributed by atoms with Crippen LogP contribution >= 0.6 is 0 Å². The van der Waals surface area contributed by atoms with Gasteiger partial charge in [0.15, 0.2) is 5.69 Å². The molecule has 0 amide bonds. The summed E-state index contributed by atoms with van der Waals surface area (Å²) in [6, 6.07) is 2.70. The maximum absolute atomic E-state index is 12.9. The number of hydrogen-bond donors (Lipinski definition) is 1. The van der Waals surface area contributed by atoms with E-state index in [4.69, 9.17) is 9.52 Å². The summed E-state index contributed by atoms with van der Waals surface area (Å²) in [5, 5.41) is 8.58. The summed E-state index contributed by atoms with van der Waals surface area (Å²) in [5.74, 6) is -2.99. The molecule has 0 saturated heterocycles. The van der Waals surface area contributed by atoms with Gasteiger partial charge < -0.3 is 9.52 Å². The Balaban J connectivity index is 2.46. The van der Waals surface area contributed by atoms with Crippen LogP contribution in [0.4, 0.5) is 8.78 Å². The van der Waals surface area contributed by atoms with Gasteiger partial charge in [0, 0.05) is 11.6 Å². The summed E-state index contributed by atoms with van der Waals surface area (Å²) in [6.07, 6.45) is 0.903. The molecular weight excluding hydrogens is 220 g/mol. The van der Waals surface area contributed by atoms with Crippen LogP contribution in [-0.4, -0.2) is 16.1 Å². The lowest BCUT2D eigenvalue weighted by Crippen LogP contribution is -1.95. The van der Waals surface area contributed by atoms with E-state index in [2.05, 4.69) is 4.98 Å². The number of carboxylic acid groups (broad SMARTS) is 1. The number of carbonyl (C=O) groups is 1. The van der Waals surface area contributed by atoms with Gasteiger partial charge in [-0.2, -0.15) is 0 Å². The van der Waals surface area contributed by atoms with Crippen LogP contribution in [0.25, 0.3) is 11.5 Å². The van der Waals surface area contributed by atoms with E-state index in [-0.39, 0.29) is 17.1 Å². The number of aromatic carboxylic acids is 1. The first kappa shape index (κ1) is 10.3. The van der Waals surface area contributed by atoms with Crippen LogP contribution in [0.1, 0.15) is 10.5 Å². The summed E-state index contributed by atoms with van der Waals surface area (Å²) >= 11 is 0. The smallest absolute Gasteiger partial charge is 0.357 e. The van der Waals surface area contributed by atoms with E-state index in [9.17, 15) is 13.6 Å². The predicted molar refractivity (Wildman–Crippen MR) is 48.8 cm³/mol. The Hall–Kier alpha value is -2.24. The third-order valence-electron chi connectivity index (χ3n) is 1.83. The van der Waals surface area contributed by atoms with Crippen LogP contribution < -0.4 is 0 Å². The van der Waals surface area contributed by atoms with Crippen LogP contribution in [0.5, 0.6) is 0 Å². The quantitative estimate of drug-likeness (QED) is 0.851. The molecule has 2 aromatic rings. The number of benzene rings is 1. The van der Waals surface area contributed by atoms with Gasteiger partial charge in [0.1, 0.15) is 17.9 Å². The highest BCUT2D eigenvalue weighted by molar-refractivity contribution is 5.85. The Morgan fingerprint density at radius 2 is 1.88 bits per heavy atom. The van der Waals surface area contributed by atoms with E-state index in [1.807, 2.05) is 0 Å². The van der Waals surface area contributed by atoms with Gasteiger partial charge in [-0.3, -0.25) is 0 Å². The van der Waals surface area contributed by atoms with E-state index in [1.54, 1.807) is 0 Å². The lowest BCUT2D eigenvalue weighted by molar-refractivity contribution is 0.0690. The zero-order valence-electron chi connectivity index (χ0n) is 7.78. The minimum atomic E-state index is -1.27. The molecule has 0 bridgehead atoms. The van der Waals surface area contributed by atoms with E-state index >= 15 is 0 Å². The molecule has 1 heterocycles. The molecular formula is C10H5F2NO3. The number of rotatable bonds is 2. The molecule has 0 aliphatic heterocycles. The van der Waals surface area contributed by atoms with Crippen molar-refractivity contribution < 1.29 is 23.1 Å². The molecule has 6 heteroatoms. The summed E-state index contributed by atoms with van der Waals surface area (Å²) < 4.78 is 30.5. The van der Waals surface area contributed by atoms with Crippen molar-refractivity contribution in [2.24, 2.45) is 0 Å². The molecule has 0 aliphatic carbocycles. The number of carboxylic acids is 1. The highest BCUT2D eigenvalue weighted by atomic mass is 19.1. The van der Waals surface area contributed by atoms with Crippen LogP contribution in [0.2, 0.25) is 0 Å². The summed E-state index contributed by atoms with van der Waals surface area (Å²) in [4.78, 5) is 14.1. The first-order valence-corrected chi connectivity index (χ1v) is 4.21. The van der Waals surface area contributed by atoms with Crippen molar-refractivity contribution in [3.63, 3.8) is 0 Å². The molecule has 1 N–H and O–H groups in total. The zero-order chi connectivity index (χ0) is 11.7. The largest absolute Gasteiger partial charge is 0.476 e. The molecule has 1 aromatic carbocycles. The SMILES string of the molecule is O=C(O)c1coc(-c2cc(F)cc(F)c2)n1. The van der Waals surface area contributed by atoms with Gasteiger partial charge in [-0.05, 0) is 12.1 Å². The van der Waals surface area contributed by atoms with Crippen LogP contribution in [0, 0.1) is 11.6 Å². The van der Waals surface area contributed by atoms with E-state index < -0.39 is 17.6 Å². The first-order valence-electron chi connectivity index (χ1n) is 4.21. The average Bonchev–Trinajstić information content (AvgIpc) is 2.64. The summed E-state index contributed by atoms with van der Waals surface area (Å²) in [7, 11) is 0. The molecule has 16 heavy (non-hydrogen) atoms. The number of hydrogen-bond acceptors (Lipinski definition) is 3. The lowest BCUT2D eigenvalue weighted by Gasteiger charge is -1.95. The van der Waals surface area contributed by atoms with Crippen LogP contribution in [0.3, 0.4) is 0 Å². The highest BCUT2D eigenvalue weighted by Crippen LogP contribution is 2.20.